The minimum atomic E-state index is -0.617. The molecule has 2 aromatic carbocycles. The van der Waals surface area contributed by atoms with E-state index in [1.807, 2.05) is 0 Å². The fourth-order valence-electron chi connectivity index (χ4n) is 2.47. The van der Waals surface area contributed by atoms with Crippen LogP contribution in [-0.4, -0.2) is 17.7 Å². The van der Waals surface area contributed by atoms with E-state index in [2.05, 4.69) is 0 Å². The topological polar surface area (TPSA) is 87.9 Å². The summed E-state index contributed by atoms with van der Waals surface area (Å²) >= 11 is 11.8. The molecule has 0 amide bonds. The highest BCUT2D eigenvalue weighted by atomic mass is 35.5. The summed E-state index contributed by atoms with van der Waals surface area (Å²) in [6.07, 6.45) is 2.76. The SMILES string of the molecule is O=C(C=Cc1ccc(Cl)c(Cl)c1)OCc1cc([N+](=O)[O-])cc2c1OCOC2. The van der Waals surface area contributed by atoms with Gasteiger partial charge in [0.1, 0.15) is 12.4 Å². The third-order valence-electron chi connectivity index (χ3n) is 3.71. The van der Waals surface area contributed by atoms with Gasteiger partial charge in [-0.3, -0.25) is 10.1 Å². The summed E-state index contributed by atoms with van der Waals surface area (Å²) in [6.45, 7) is 0.0483. The maximum absolute atomic E-state index is 12.0. The van der Waals surface area contributed by atoms with Crippen molar-refractivity contribution in [3.8, 4) is 5.75 Å². The van der Waals surface area contributed by atoms with Crippen molar-refractivity contribution < 1.29 is 23.9 Å². The Morgan fingerprint density at radius 2 is 2.07 bits per heavy atom. The van der Waals surface area contributed by atoms with Crippen LogP contribution in [-0.2, 0) is 27.5 Å². The number of ether oxygens (including phenoxy) is 3. The fraction of sp³-hybridized carbons (Fsp3) is 0.167. The molecule has 0 fully saturated rings. The molecular weight excluding hydrogens is 397 g/mol. The van der Waals surface area contributed by atoms with Crippen molar-refractivity contribution in [2.24, 2.45) is 0 Å². The molecule has 0 N–H and O–H groups in total. The smallest absolute Gasteiger partial charge is 0.331 e. The molecule has 0 atom stereocenters. The highest BCUT2D eigenvalue weighted by Crippen LogP contribution is 2.33. The molecule has 1 heterocycles. The number of nitro benzene ring substituents is 1. The number of hydrogen-bond acceptors (Lipinski definition) is 6. The van der Waals surface area contributed by atoms with Gasteiger partial charge in [-0.2, -0.15) is 0 Å². The molecule has 0 saturated heterocycles. The first kappa shape index (κ1) is 19.2. The van der Waals surface area contributed by atoms with E-state index < -0.39 is 10.9 Å². The normalized spacial score (nSPS) is 13.1. The van der Waals surface area contributed by atoms with Crippen LogP contribution in [0.4, 0.5) is 5.69 Å². The molecule has 1 aliphatic rings. The second-order valence-corrected chi connectivity index (χ2v) is 6.39. The summed E-state index contributed by atoms with van der Waals surface area (Å²) in [4.78, 5) is 22.5. The number of benzene rings is 2. The van der Waals surface area contributed by atoms with Crippen LogP contribution in [0.3, 0.4) is 0 Å². The summed E-state index contributed by atoms with van der Waals surface area (Å²) in [5.41, 5.74) is 1.49. The Hall–Kier alpha value is -2.61. The minimum Gasteiger partial charge on any atom is -0.467 e. The lowest BCUT2D eigenvalue weighted by Crippen LogP contribution is -2.14. The van der Waals surface area contributed by atoms with Crippen molar-refractivity contribution in [3.63, 3.8) is 0 Å². The standard InChI is InChI=1S/C18H13Cl2NO6/c19-15-3-1-11(5-16(15)20)2-4-17(22)26-9-13-7-14(21(23)24)6-12-8-25-10-27-18(12)13/h1-7H,8-10H2. The highest BCUT2D eigenvalue weighted by Gasteiger charge is 2.21. The average Bonchev–Trinajstić information content (AvgIpc) is 2.66. The van der Waals surface area contributed by atoms with Gasteiger partial charge in [0.05, 0.1) is 21.6 Å². The van der Waals surface area contributed by atoms with Crippen LogP contribution in [0.5, 0.6) is 5.75 Å². The van der Waals surface area contributed by atoms with Gasteiger partial charge in [-0.15, -0.1) is 0 Å². The Kier molecular flexibility index (Phi) is 5.95. The number of hydrogen-bond donors (Lipinski definition) is 0. The lowest BCUT2D eigenvalue weighted by atomic mass is 10.1. The van der Waals surface area contributed by atoms with Crippen molar-refractivity contribution in [1.82, 2.24) is 0 Å². The zero-order chi connectivity index (χ0) is 19.4. The highest BCUT2D eigenvalue weighted by molar-refractivity contribution is 6.42. The summed E-state index contributed by atoms with van der Waals surface area (Å²) in [5.74, 6) is -0.179. The predicted molar refractivity (Wildman–Crippen MR) is 98.7 cm³/mol. The molecule has 7 nitrogen and oxygen atoms in total. The van der Waals surface area contributed by atoms with Crippen molar-refractivity contribution in [1.29, 1.82) is 0 Å². The molecule has 9 heteroatoms. The summed E-state index contributed by atoms with van der Waals surface area (Å²) < 4.78 is 15.7. The van der Waals surface area contributed by atoms with Crippen LogP contribution < -0.4 is 4.74 Å². The number of rotatable bonds is 5. The van der Waals surface area contributed by atoms with Crippen LogP contribution in [0.15, 0.2) is 36.4 Å². The monoisotopic (exact) mass is 409 g/mol. The lowest BCUT2D eigenvalue weighted by Gasteiger charge is -2.20. The Morgan fingerprint density at radius 3 is 2.81 bits per heavy atom. The quantitative estimate of drug-likeness (QED) is 0.312. The van der Waals surface area contributed by atoms with Gasteiger partial charge in [0, 0.05) is 29.3 Å². The number of nitrogens with zero attached hydrogens (tertiary/aromatic N) is 1. The summed E-state index contributed by atoms with van der Waals surface area (Å²) in [6, 6.07) is 7.62. The molecule has 0 radical (unpaired) electrons. The Morgan fingerprint density at radius 1 is 1.26 bits per heavy atom. The van der Waals surface area contributed by atoms with E-state index >= 15 is 0 Å². The van der Waals surface area contributed by atoms with Gasteiger partial charge in [0.25, 0.3) is 5.69 Å². The van der Waals surface area contributed by atoms with Crippen LogP contribution in [0.2, 0.25) is 10.0 Å². The largest absolute Gasteiger partial charge is 0.467 e. The number of carbonyl (C=O) groups is 1. The molecule has 0 bridgehead atoms. The van der Waals surface area contributed by atoms with E-state index in [4.69, 9.17) is 37.4 Å². The van der Waals surface area contributed by atoms with Crippen molar-refractivity contribution in [3.05, 3.63) is 73.3 Å². The maximum Gasteiger partial charge on any atom is 0.331 e. The zero-order valence-electron chi connectivity index (χ0n) is 13.8. The molecule has 0 saturated carbocycles. The first-order valence-corrected chi connectivity index (χ1v) is 8.50. The van der Waals surface area contributed by atoms with Crippen molar-refractivity contribution in [2.45, 2.75) is 13.2 Å². The third kappa shape index (κ3) is 4.77. The van der Waals surface area contributed by atoms with Crippen LogP contribution in [0.1, 0.15) is 16.7 Å². The molecule has 0 unspecified atom stereocenters. The van der Waals surface area contributed by atoms with Crippen molar-refractivity contribution in [2.75, 3.05) is 6.79 Å². The molecule has 27 heavy (non-hydrogen) atoms. The Balaban J connectivity index is 1.71. The van der Waals surface area contributed by atoms with Crippen LogP contribution >= 0.6 is 23.2 Å². The number of halogens is 2. The van der Waals surface area contributed by atoms with E-state index in [0.717, 1.165) is 0 Å². The molecule has 140 valence electrons. The summed E-state index contributed by atoms with van der Waals surface area (Å²) in [5, 5.41) is 11.9. The van der Waals surface area contributed by atoms with E-state index in [-0.39, 0.29) is 25.7 Å². The van der Waals surface area contributed by atoms with Crippen LogP contribution in [0.25, 0.3) is 6.08 Å². The Bertz CT molecular complexity index is 928. The van der Waals surface area contributed by atoms with E-state index in [0.29, 0.717) is 32.5 Å². The second kappa shape index (κ2) is 8.39. The Labute approximate surface area is 164 Å². The predicted octanol–water partition coefficient (Wildman–Crippen LogP) is 4.52. The van der Waals surface area contributed by atoms with E-state index in [9.17, 15) is 14.9 Å². The molecule has 2 aromatic rings. The van der Waals surface area contributed by atoms with E-state index in [1.54, 1.807) is 18.2 Å². The number of esters is 1. The van der Waals surface area contributed by atoms with Crippen molar-refractivity contribution >= 4 is 40.9 Å². The van der Waals surface area contributed by atoms with Gasteiger partial charge in [-0.05, 0) is 23.8 Å². The van der Waals surface area contributed by atoms with Gasteiger partial charge in [0.15, 0.2) is 6.79 Å². The number of non-ortho nitro benzene ring substituents is 1. The third-order valence-corrected chi connectivity index (χ3v) is 4.45. The number of nitro groups is 1. The van der Waals surface area contributed by atoms with Gasteiger partial charge >= 0.3 is 5.97 Å². The molecular formula is C18H13Cl2NO6. The number of fused-ring (bicyclic) bond motifs is 1. The lowest BCUT2D eigenvalue weighted by molar-refractivity contribution is -0.385. The maximum atomic E-state index is 12.0. The zero-order valence-corrected chi connectivity index (χ0v) is 15.3. The fourth-order valence-corrected chi connectivity index (χ4v) is 2.78. The van der Waals surface area contributed by atoms with Crippen LogP contribution in [0, 0.1) is 10.1 Å². The first-order chi connectivity index (χ1) is 12.9. The number of carbonyl (C=O) groups excluding carboxylic acids is 1. The van der Waals surface area contributed by atoms with Gasteiger partial charge in [-0.25, -0.2) is 4.79 Å². The molecule has 1 aliphatic heterocycles. The second-order valence-electron chi connectivity index (χ2n) is 5.58. The van der Waals surface area contributed by atoms with E-state index in [1.165, 1.54) is 24.3 Å². The molecule has 0 spiro atoms. The molecule has 0 aliphatic carbocycles. The molecule has 0 aromatic heterocycles. The summed E-state index contributed by atoms with van der Waals surface area (Å²) in [7, 11) is 0. The first-order valence-electron chi connectivity index (χ1n) is 7.74. The minimum absolute atomic E-state index is 0.0307. The molecule has 3 rings (SSSR count). The van der Waals surface area contributed by atoms with Gasteiger partial charge in [0.2, 0.25) is 0 Å². The average molecular weight is 410 g/mol. The van der Waals surface area contributed by atoms with Gasteiger partial charge in [-0.1, -0.05) is 29.3 Å². The van der Waals surface area contributed by atoms with Gasteiger partial charge < -0.3 is 14.2 Å².